The van der Waals surface area contributed by atoms with E-state index in [-0.39, 0.29) is 18.9 Å². The minimum atomic E-state index is -4.05. The van der Waals surface area contributed by atoms with Crippen molar-refractivity contribution >= 4 is 0 Å². The van der Waals surface area contributed by atoms with E-state index in [1.54, 1.807) is 4.68 Å². The summed E-state index contributed by atoms with van der Waals surface area (Å²) in [7, 11) is 0. The van der Waals surface area contributed by atoms with Gasteiger partial charge in [-0.2, -0.15) is 13.2 Å². The lowest BCUT2D eigenvalue weighted by molar-refractivity contribution is -0.199. The quantitative estimate of drug-likeness (QED) is 0.900. The van der Waals surface area contributed by atoms with Crippen molar-refractivity contribution in [3.05, 3.63) is 11.9 Å². The molecule has 1 N–H and O–H groups in total. The first-order valence-corrected chi connectivity index (χ1v) is 7.27. The van der Waals surface area contributed by atoms with Crippen LogP contribution in [0.4, 0.5) is 13.2 Å². The Bertz CT molecular complexity index is 464. The number of alkyl halides is 3. The minimum Gasteiger partial charge on any atom is -0.381 e. The van der Waals surface area contributed by atoms with Crippen LogP contribution in [-0.2, 0) is 17.8 Å². The molecule has 2 aliphatic rings. The smallest absolute Gasteiger partial charge is 0.381 e. The van der Waals surface area contributed by atoms with Gasteiger partial charge < -0.3 is 10.1 Å². The van der Waals surface area contributed by atoms with Crippen molar-refractivity contribution in [1.82, 2.24) is 20.3 Å². The summed E-state index contributed by atoms with van der Waals surface area (Å²) in [5, 5.41) is 11.2. The van der Waals surface area contributed by atoms with E-state index >= 15 is 0 Å². The molecule has 1 aromatic rings. The van der Waals surface area contributed by atoms with Gasteiger partial charge in [-0.1, -0.05) is 5.21 Å². The highest BCUT2D eigenvalue weighted by Crippen LogP contribution is 2.40. The van der Waals surface area contributed by atoms with Gasteiger partial charge in [0.15, 0.2) is 0 Å². The Balaban J connectivity index is 1.39. The van der Waals surface area contributed by atoms with Crippen molar-refractivity contribution < 1.29 is 17.9 Å². The molecule has 0 aromatic carbocycles. The molecule has 1 aliphatic heterocycles. The molecule has 0 spiro atoms. The Kier molecular flexibility index (Phi) is 4.17. The van der Waals surface area contributed by atoms with Gasteiger partial charge >= 0.3 is 6.18 Å². The molecular weight excluding hydrogens is 285 g/mol. The fourth-order valence-electron chi connectivity index (χ4n) is 2.80. The zero-order valence-electron chi connectivity index (χ0n) is 11.6. The fraction of sp³-hybridized carbons (Fsp3) is 0.846. The molecule has 118 valence electrons. The summed E-state index contributed by atoms with van der Waals surface area (Å²) in [6.45, 7) is 2.81. The van der Waals surface area contributed by atoms with Crippen LogP contribution < -0.4 is 5.32 Å². The highest BCUT2D eigenvalue weighted by atomic mass is 19.4. The Morgan fingerprint density at radius 2 is 2.19 bits per heavy atom. The van der Waals surface area contributed by atoms with Crippen molar-refractivity contribution in [1.29, 1.82) is 0 Å². The largest absolute Gasteiger partial charge is 0.391 e. The van der Waals surface area contributed by atoms with Crippen molar-refractivity contribution in [3.63, 3.8) is 0 Å². The fourth-order valence-corrected chi connectivity index (χ4v) is 2.80. The van der Waals surface area contributed by atoms with Gasteiger partial charge in [-0.05, 0) is 19.3 Å². The number of nitrogens with one attached hydrogen (secondary N) is 1. The van der Waals surface area contributed by atoms with Crippen LogP contribution in [0.25, 0.3) is 0 Å². The van der Waals surface area contributed by atoms with Crippen molar-refractivity contribution in [2.45, 2.75) is 44.6 Å². The van der Waals surface area contributed by atoms with E-state index in [0.29, 0.717) is 12.5 Å². The van der Waals surface area contributed by atoms with Crippen molar-refractivity contribution in [2.75, 3.05) is 13.2 Å². The van der Waals surface area contributed by atoms with Gasteiger partial charge in [0.25, 0.3) is 0 Å². The van der Waals surface area contributed by atoms with E-state index in [0.717, 1.165) is 31.9 Å². The zero-order valence-corrected chi connectivity index (χ0v) is 11.6. The first-order valence-electron chi connectivity index (χ1n) is 7.27. The summed E-state index contributed by atoms with van der Waals surface area (Å²) in [5.74, 6) is -0.667. The number of halogens is 3. The van der Waals surface area contributed by atoms with E-state index in [1.165, 1.54) is 0 Å². The lowest BCUT2D eigenvalue weighted by atomic mass is 9.80. The van der Waals surface area contributed by atoms with E-state index in [1.807, 2.05) is 6.20 Å². The molecule has 3 rings (SSSR count). The van der Waals surface area contributed by atoms with E-state index < -0.39 is 12.1 Å². The van der Waals surface area contributed by atoms with Crippen LogP contribution in [0.2, 0.25) is 0 Å². The average Bonchev–Trinajstić information content (AvgIpc) is 2.98. The predicted molar refractivity (Wildman–Crippen MR) is 68.4 cm³/mol. The highest BCUT2D eigenvalue weighted by molar-refractivity contribution is 4.95. The lowest BCUT2D eigenvalue weighted by Crippen LogP contribution is -2.46. The Morgan fingerprint density at radius 3 is 2.86 bits per heavy atom. The van der Waals surface area contributed by atoms with Crippen LogP contribution in [0.1, 0.15) is 25.0 Å². The molecule has 1 saturated heterocycles. The maximum atomic E-state index is 12.4. The molecule has 0 bridgehead atoms. The normalized spacial score (nSPS) is 29.6. The monoisotopic (exact) mass is 304 g/mol. The van der Waals surface area contributed by atoms with Gasteiger partial charge in [0, 0.05) is 37.9 Å². The molecular formula is C13H19F3N4O. The maximum Gasteiger partial charge on any atom is 0.391 e. The first-order chi connectivity index (χ1) is 10.0. The van der Waals surface area contributed by atoms with Crippen LogP contribution in [0, 0.1) is 11.8 Å². The Morgan fingerprint density at radius 1 is 1.38 bits per heavy atom. The molecule has 5 nitrogen and oxygen atoms in total. The topological polar surface area (TPSA) is 52.0 Å². The number of rotatable bonds is 5. The second-order valence-corrected chi connectivity index (χ2v) is 5.95. The van der Waals surface area contributed by atoms with Crippen LogP contribution >= 0.6 is 0 Å². The first kappa shape index (κ1) is 14.8. The molecule has 1 unspecified atom stereocenters. The van der Waals surface area contributed by atoms with E-state index in [9.17, 15) is 13.2 Å². The number of ether oxygens (including phenoxy) is 1. The molecule has 1 aromatic heterocycles. The lowest BCUT2D eigenvalue weighted by Gasteiger charge is -2.36. The average molecular weight is 304 g/mol. The van der Waals surface area contributed by atoms with Crippen LogP contribution in [0.5, 0.6) is 0 Å². The van der Waals surface area contributed by atoms with E-state index in [2.05, 4.69) is 15.6 Å². The zero-order chi connectivity index (χ0) is 14.9. The molecule has 0 radical (unpaired) electrons. The van der Waals surface area contributed by atoms with Gasteiger partial charge in [0.2, 0.25) is 0 Å². The molecule has 21 heavy (non-hydrogen) atoms. The van der Waals surface area contributed by atoms with E-state index in [4.69, 9.17) is 4.74 Å². The van der Waals surface area contributed by atoms with Crippen LogP contribution in [0.3, 0.4) is 0 Å². The van der Waals surface area contributed by atoms with Gasteiger partial charge in [-0.15, -0.1) is 5.10 Å². The SMILES string of the molecule is FC(F)(F)C1CC(NCc2cn(CC3CCOC3)nn2)C1. The summed E-state index contributed by atoms with van der Waals surface area (Å²) in [6.07, 6.45) is -0.835. The summed E-state index contributed by atoms with van der Waals surface area (Å²) < 4.78 is 44.2. The second-order valence-electron chi connectivity index (χ2n) is 5.95. The molecule has 2 heterocycles. The minimum absolute atomic E-state index is 0.0648. The molecule has 1 aliphatic carbocycles. The van der Waals surface area contributed by atoms with Gasteiger partial charge in [-0.3, -0.25) is 4.68 Å². The number of hydrogen-bond acceptors (Lipinski definition) is 4. The second kappa shape index (κ2) is 5.92. The molecule has 8 heteroatoms. The highest BCUT2D eigenvalue weighted by Gasteiger charge is 2.47. The third-order valence-electron chi connectivity index (χ3n) is 4.23. The van der Waals surface area contributed by atoms with Crippen LogP contribution in [-0.4, -0.2) is 40.4 Å². The number of aromatic nitrogens is 3. The summed E-state index contributed by atoms with van der Waals surface area (Å²) in [6, 6.07) is -0.0648. The van der Waals surface area contributed by atoms with Gasteiger partial charge in [0.1, 0.15) is 0 Å². The van der Waals surface area contributed by atoms with Crippen LogP contribution in [0.15, 0.2) is 6.20 Å². The summed E-state index contributed by atoms with van der Waals surface area (Å²) >= 11 is 0. The number of nitrogens with zero attached hydrogens (tertiary/aromatic N) is 3. The summed E-state index contributed by atoms with van der Waals surface area (Å²) in [4.78, 5) is 0. The Labute approximate surface area is 120 Å². The third-order valence-corrected chi connectivity index (χ3v) is 4.23. The third kappa shape index (κ3) is 3.74. The molecule has 1 saturated carbocycles. The summed E-state index contributed by atoms with van der Waals surface area (Å²) in [5.41, 5.74) is 0.768. The maximum absolute atomic E-state index is 12.4. The molecule has 0 amide bonds. The standard InChI is InChI=1S/C13H19F3N4O/c14-13(15,16)10-3-11(4-10)17-5-12-7-20(19-18-12)6-9-1-2-21-8-9/h7,9-11,17H,1-6,8H2. The molecule has 2 fully saturated rings. The predicted octanol–water partition coefficient (Wildman–Crippen LogP) is 1.75. The Hall–Kier alpha value is -1.15. The molecule has 1 atom stereocenters. The van der Waals surface area contributed by atoms with Crippen molar-refractivity contribution in [2.24, 2.45) is 11.8 Å². The van der Waals surface area contributed by atoms with Gasteiger partial charge in [-0.25, -0.2) is 0 Å². The number of hydrogen-bond donors (Lipinski definition) is 1. The van der Waals surface area contributed by atoms with Gasteiger partial charge in [0.05, 0.1) is 18.2 Å². The van der Waals surface area contributed by atoms with Crippen molar-refractivity contribution in [3.8, 4) is 0 Å².